The highest BCUT2D eigenvalue weighted by atomic mass is 32.1. The zero-order valence-electron chi connectivity index (χ0n) is 32.9. The van der Waals surface area contributed by atoms with Gasteiger partial charge in [-0.05, 0) is 88.2 Å². The van der Waals surface area contributed by atoms with Gasteiger partial charge in [0.1, 0.15) is 0 Å². The van der Waals surface area contributed by atoms with E-state index < -0.39 is 0 Å². The van der Waals surface area contributed by atoms with Gasteiger partial charge in [0.25, 0.3) is 0 Å². The summed E-state index contributed by atoms with van der Waals surface area (Å²) in [7, 11) is 0. The van der Waals surface area contributed by atoms with E-state index in [1.54, 1.807) is 11.3 Å². The zero-order chi connectivity index (χ0) is 34.9. The second kappa shape index (κ2) is 48.5. The van der Waals surface area contributed by atoms with Crippen LogP contribution < -0.4 is 5.32 Å². The molecule has 1 atom stereocenters. The number of hydrogen-bond acceptors (Lipinski definition) is 2. The molecule has 1 aromatic carbocycles. The average molecular weight is 634 g/mol. The number of rotatable bonds is 0. The average Bonchev–Trinajstić information content (AvgIpc) is 3.59. The summed E-state index contributed by atoms with van der Waals surface area (Å²) < 4.78 is 0. The van der Waals surface area contributed by atoms with Gasteiger partial charge in [0.05, 0.1) is 0 Å². The van der Waals surface area contributed by atoms with Crippen molar-refractivity contribution in [2.45, 2.75) is 168 Å². The minimum Gasteiger partial charge on any atom is -0.317 e. The third-order valence-corrected chi connectivity index (χ3v) is 7.46. The molecule has 44 heavy (non-hydrogen) atoms. The Morgan fingerprint density at radius 2 is 1.05 bits per heavy atom. The SMILES string of the molecule is CC.CC.CC.CC.CC.CC1CC=CCC1.CC1CCCCC1.CC1CCNCC1.Cc1ccccc1.Cc1cccs1. The molecular formula is C42H83NS. The van der Waals surface area contributed by atoms with Crippen LogP contribution in [0.15, 0.2) is 60.0 Å². The standard InChI is InChI=1S/C7H14.C7H12.C7H8.C6H13N.C5H6S.5C2H6/c3*1-7-5-3-2-4-6-7;1-6-2-4-7-5-3-6;1-5-3-2-4-6-5;5*1-2/h7H,2-6H2,1H3;2-3,7H,4-6H2,1H3;2-6H,1H3;6-7H,2-5H2,1H3;2-4H,1H3;5*1-2H3. The van der Waals surface area contributed by atoms with E-state index >= 15 is 0 Å². The Balaban J connectivity index is -0.000000134. The molecule has 1 N–H and O–H groups in total. The first-order chi connectivity index (χ1) is 21.5. The van der Waals surface area contributed by atoms with E-state index in [4.69, 9.17) is 0 Å². The summed E-state index contributed by atoms with van der Waals surface area (Å²) >= 11 is 1.78. The van der Waals surface area contributed by atoms with Gasteiger partial charge in [-0.3, -0.25) is 0 Å². The fourth-order valence-corrected chi connectivity index (χ4v) is 4.64. The lowest BCUT2D eigenvalue weighted by Crippen LogP contribution is -2.26. The quantitative estimate of drug-likeness (QED) is 0.285. The van der Waals surface area contributed by atoms with E-state index in [1.807, 2.05) is 87.4 Å². The number of hydrogen-bond donors (Lipinski definition) is 1. The molecule has 5 rings (SSSR count). The van der Waals surface area contributed by atoms with Crippen LogP contribution in [0, 0.1) is 31.6 Å². The number of aryl methyl sites for hydroxylation is 2. The molecule has 2 aromatic rings. The van der Waals surface area contributed by atoms with Gasteiger partial charge in [-0.25, -0.2) is 0 Å². The Kier molecular flexibility index (Phi) is 57.5. The van der Waals surface area contributed by atoms with Crippen LogP contribution in [0.1, 0.15) is 165 Å². The van der Waals surface area contributed by atoms with Crippen LogP contribution in [0.3, 0.4) is 0 Å². The zero-order valence-corrected chi connectivity index (χ0v) is 33.7. The molecule has 0 radical (unpaired) electrons. The third-order valence-electron chi connectivity index (χ3n) is 6.66. The van der Waals surface area contributed by atoms with Gasteiger partial charge >= 0.3 is 0 Å². The summed E-state index contributed by atoms with van der Waals surface area (Å²) in [4.78, 5) is 1.38. The maximum atomic E-state index is 3.32. The molecular weight excluding hydrogens is 551 g/mol. The molecule has 262 valence electrons. The number of nitrogens with one attached hydrogen (secondary N) is 1. The summed E-state index contributed by atoms with van der Waals surface area (Å²) in [6, 6.07) is 14.4. The Bertz CT molecular complexity index is 664. The van der Waals surface area contributed by atoms with Crippen LogP contribution in [0.25, 0.3) is 0 Å². The van der Waals surface area contributed by atoms with Crippen molar-refractivity contribution in [1.82, 2.24) is 5.32 Å². The van der Waals surface area contributed by atoms with Crippen LogP contribution >= 0.6 is 11.3 Å². The van der Waals surface area contributed by atoms with Gasteiger partial charge in [-0.15, -0.1) is 11.3 Å². The highest BCUT2D eigenvalue weighted by molar-refractivity contribution is 7.09. The molecule has 1 nitrogen and oxygen atoms in total. The van der Waals surface area contributed by atoms with Gasteiger partial charge < -0.3 is 5.32 Å². The number of thiophene rings is 1. The molecule has 1 unspecified atom stereocenters. The predicted molar refractivity (Wildman–Crippen MR) is 213 cm³/mol. The van der Waals surface area contributed by atoms with Gasteiger partial charge in [0, 0.05) is 4.88 Å². The van der Waals surface area contributed by atoms with Crippen LogP contribution in [0.4, 0.5) is 0 Å². The molecule has 0 spiro atoms. The summed E-state index contributed by atoms with van der Waals surface area (Å²) in [6.07, 6.45) is 18.8. The summed E-state index contributed by atoms with van der Waals surface area (Å²) in [5.74, 6) is 2.96. The lowest BCUT2D eigenvalue weighted by Gasteiger charge is -2.17. The van der Waals surface area contributed by atoms with E-state index in [0.29, 0.717) is 0 Å². The summed E-state index contributed by atoms with van der Waals surface area (Å²) in [5, 5.41) is 5.39. The molecule has 0 bridgehead atoms. The van der Waals surface area contributed by atoms with Gasteiger partial charge in [-0.1, -0.05) is 176 Å². The Morgan fingerprint density at radius 1 is 0.545 bits per heavy atom. The minimum absolute atomic E-state index is 0.949. The molecule has 1 aliphatic heterocycles. The van der Waals surface area contributed by atoms with Crippen LogP contribution in [0.5, 0.6) is 0 Å². The Hall–Kier alpha value is -1.38. The lowest BCUT2D eigenvalue weighted by molar-refractivity contribution is 0.385. The van der Waals surface area contributed by atoms with E-state index in [0.717, 1.165) is 17.8 Å². The first-order valence-electron chi connectivity index (χ1n) is 18.8. The fourth-order valence-electron chi connectivity index (χ4n) is 4.11. The van der Waals surface area contributed by atoms with Gasteiger partial charge in [0.15, 0.2) is 0 Å². The number of benzene rings is 1. The van der Waals surface area contributed by atoms with Gasteiger partial charge in [0.2, 0.25) is 0 Å². The smallest absolute Gasteiger partial charge is 0.00141 e. The fraction of sp³-hybridized carbons (Fsp3) is 0.714. The Morgan fingerprint density at radius 3 is 1.25 bits per heavy atom. The van der Waals surface area contributed by atoms with Crippen LogP contribution in [-0.2, 0) is 0 Å². The normalized spacial score (nSPS) is 16.2. The second-order valence-electron chi connectivity index (χ2n) is 10.4. The molecule has 1 saturated heterocycles. The lowest BCUT2D eigenvalue weighted by atomic mass is 9.91. The third kappa shape index (κ3) is 45.1. The maximum Gasteiger partial charge on any atom is 0.00141 e. The molecule has 2 heterocycles. The molecule has 2 aliphatic carbocycles. The minimum atomic E-state index is 0.949. The van der Waals surface area contributed by atoms with Gasteiger partial charge in [-0.2, -0.15) is 0 Å². The predicted octanol–water partition coefficient (Wildman–Crippen LogP) is 15.1. The van der Waals surface area contributed by atoms with E-state index in [2.05, 4.69) is 81.7 Å². The van der Waals surface area contributed by atoms with Crippen molar-refractivity contribution in [3.05, 3.63) is 70.4 Å². The van der Waals surface area contributed by atoms with Crippen LogP contribution in [0.2, 0.25) is 0 Å². The number of allylic oxidation sites excluding steroid dienone is 2. The molecule has 2 heteroatoms. The first kappa shape index (κ1) is 52.2. The second-order valence-corrected chi connectivity index (χ2v) is 11.6. The van der Waals surface area contributed by atoms with Crippen molar-refractivity contribution >= 4 is 11.3 Å². The Labute approximate surface area is 285 Å². The largest absolute Gasteiger partial charge is 0.317 e. The maximum absolute atomic E-state index is 3.32. The van der Waals surface area contributed by atoms with Crippen molar-refractivity contribution in [2.75, 3.05) is 13.1 Å². The molecule has 2 fully saturated rings. The van der Waals surface area contributed by atoms with Crippen molar-refractivity contribution < 1.29 is 0 Å². The summed E-state index contributed by atoms with van der Waals surface area (Å²) in [6.45, 7) is 33.6. The highest BCUT2D eigenvalue weighted by Gasteiger charge is 2.06. The summed E-state index contributed by atoms with van der Waals surface area (Å²) in [5.41, 5.74) is 1.32. The monoisotopic (exact) mass is 634 g/mol. The molecule has 3 aliphatic rings. The topological polar surface area (TPSA) is 12.0 Å². The van der Waals surface area contributed by atoms with Crippen molar-refractivity contribution in [3.63, 3.8) is 0 Å². The van der Waals surface area contributed by atoms with Crippen molar-refractivity contribution in [2.24, 2.45) is 17.8 Å². The van der Waals surface area contributed by atoms with Crippen molar-refractivity contribution in [3.8, 4) is 0 Å². The van der Waals surface area contributed by atoms with Crippen molar-refractivity contribution in [1.29, 1.82) is 0 Å². The van der Waals surface area contributed by atoms with E-state index in [1.165, 1.54) is 87.7 Å². The molecule has 0 amide bonds. The van der Waals surface area contributed by atoms with E-state index in [-0.39, 0.29) is 0 Å². The molecule has 1 aromatic heterocycles. The first-order valence-corrected chi connectivity index (χ1v) is 19.7. The van der Waals surface area contributed by atoms with E-state index in [9.17, 15) is 0 Å². The molecule has 1 saturated carbocycles. The number of piperidine rings is 1. The van der Waals surface area contributed by atoms with Crippen LogP contribution in [-0.4, -0.2) is 13.1 Å². The highest BCUT2D eigenvalue weighted by Crippen LogP contribution is 2.22.